The van der Waals surface area contributed by atoms with Crippen molar-refractivity contribution in [3.05, 3.63) is 70.2 Å². The Labute approximate surface area is 171 Å². The Morgan fingerprint density at radius 3 is 2.68 bits per heavy atom. The van der Waals surface area contributed by atoms with Gasteiger partial charge in [-0.15, -0.1) is 0 Å². The van der Waals surface area contributed by atoms with Crippen LogP contribution < -0.4 is 10.6 Å². The Morgan fingerprint density at radius 1 is 1.14 bits per heavy atom. The maximum atomic E-state index is 11.9. The van der Waals surface area contributed by atoms with E-state index in [0.29, 0.717) is 19.5 Å². The summed E-state index contributed by atoms with van der Waals surface area (Å²) in [7, 11) is 1.77. The number of benzene rings is 2. The highest BCUT2D eigenvalue weighted by molar-refractivity contribution is 6.30. The molecule has 0 unspecified atom stereocenters. The van der Waals surface area contributed by atoms with Crippen LogP contribution in [0.15, 0.2) is 53.5 Å². The number of aliphatic imine (C=N–C) groups is 1. The van der Waals surface area contributed by atoms with Gasteiger partial charge in [-0.2, -0.15) is 0 Å². The van der Waals surface area contributed by atoms with Gasteiger partial charge >= 0.3 is 0 Å². The molecule has 1 amide bonds. The van der Waals surface area contributed by atoms with E-state index in [9.17, 15) is 4.79 Å². The van der Waals surface area contributed by atoms with Crippen molar-refractivity contribution in [3.63, 3.8) is 0 Å². The second-order valence-corrected chi connectivity index (χ2v) is 7.36. The monoisotopic (exact) mass is 398 g/mol. The van der Waals surface area contributed by atoms with Gasteiger partial charge in [0.1, 0.15) is 0 Å². The summed E-state index contributed by atoms with van der Waals surface area (Å²) in [4.78, 5) is 18.2. The van der Waals surface area contributed by atoms with E-state index in [0.717, 1.165) is 36.9 Å². The SMILES string of the molecule is CN=C(NCCc1cccc(Cl)c1)NCc1ccccc1CN1CCCC1=O. The highest BCUT2D eigenvalue weighted by Gasteiger charge is 2.20. The van der Waals surface area contributed by atoms with E-state index in [1.807, 2.05) is 35.2 Å². The van der Waals surface area contributed by atoms with Crippen molar-refractivity contribution >= 4 is 23.5 Å². The Bertz CT molecular complexity index is 837. The molecule has 0 saturated carbocycles. The van der Waals surface area contributed by atoms with Crippen LogP contribution in [0.1, 0.15) is 29.5 Å². The maximum Gasteiger partial charge on any atom is 0.222 e. The van der Waals surface area contributed by atoms with Crippen LogP contribution >= 0.6 is 11.6 Å². The minimum atomic E-state index is 0.251. The molecule has 2 N–H and O–H groups in total. The van der Waals surface area contributed by atoms with E-state index in [-0.39, 0.29) is 5.91 Å². The Morgan fingerprint density at radius 2 is 1.96 bits per heavy atom. The first-order chi connectivity index (χ1) is 13.7. The topological polar surface area (TPSA) is 56.7 Å². The van der Waals surface area contributed by atoms with Crippen LogP contribution in [0.3, 0.4) is 0 Å². The zero-order valence-corrected chi connectivity index (χ0v) is 17.0. The van der Waals surface area contributed by atoms with Crippen LogP contribution in [0.2, 0.25) is 5.02 Å². The number of nitrogens with one attached hydrogen (secondary N) is 2. The highest BCUT2D eigenvalue weighted by Crippen LogP contribution is 2.17. The summed E-state index contributed by atoms with van der Waals surface area (Å²) in [6, 6.07) is 16.1. The molecule has 5 nitrogen and oxygen atoms in total. The summed E-state index contributed by atoms with van der Waals surface area (Å²) < 4.78 is 0. The van der Waals surface area contributed by atoms with Crippen molar-refractivity contribution in [2.75, 3.05) is 20.1 Å². The number of likely N-dealkylation sites (tertiary alicyclic amines) is 1. The number of hydrogen-bond acceptors (Lipinski definition) is 2. The van der Waals surface area contributed by atoms with Crippen LogP contribution in [0.4, 0.5) is 0 Å². The lowest BCUT2D eigenvalue weighted by Gasteiger charge is -2.19. The molecule has 2 aromatic rings. The summed E-state index contributed by atoms with van der Waals surface area (Å²) in [5.41, 5.74) is 3.55. The van der Waals surface area contributed by atoms with Crippen molar-refractivity contribution in [1.29, 1.82) is 0 Å². The van der Waals surface area contributed by atoms with Gasteiger partial charge < -0.3 is 15.5 Å². The first kappa shape index (κ1) is 20.2. The molecule has 0 aliphatic carbocycles. The molecular weight excluding hydrogens is 372 g/mol. The van der Waals surface area contributed by atoms with Gasteiger partial charge in [-0.05, 0) is 41.7 Å². The average Bonchev–Trinajstić information content (AvgIpc) is 3.10. The molecule has 3 rings (SSSR count). The molecule has 1 aliphatic heterocycles. The molecule has 1 aliphatic rings. The van der Waals surface area contributed by atoms with E-state index in [1.54, 1.807) is 7.05 Å². The fourth-order valence-corrected chi connectivity index (χ4v) is 3.59. The van der Waals surface area contributed by atoms with Crippen LogP contribution in [0.25, 0.3) is 0 Å². The second-order valence-electron chi connectivity index (χ2n) is 6.92. The first-order valence-electron chi connectivity index (χ1n) is 9.69. The van der Waals surface area contributed by atoms with Crippen molar-refractivity contribution in [2.24, 2.45) is 4.99 Å². The number of nitrogens with zero attached hydrogens (tertiary/aromatic N) is 2. The molecule has 6 heteroatoms. The molecule has 1 heterocycles. The van der Waals surface area contributed by atoms with Gasteiger partial charge in [-0.3, -0.25) is 9.79 Å². The molecule has 0 bridgehead atoms. The predicted octanol–water partition coefficient (Wildman–Crippen LogP) is 3.37. The summed E-state index contributed by atoms with van der Waals surface area (Å²) in [5, 5.41) is 7.47. The zero-order chi connectivity index (χ0) is 19.8. The lowest BCUT2D eigenvalue weighted by molar-refractivity contribution is -0.128. The van der Waals surface area contributed by atoms with Gasteiger partial charge in [-0.25, -0.2) is 0 Å². The smallest absolute Gasteiger partial charge is 0.222 e. The number of rotatable bonds is 7. The Hall–Kier alpha value is -2.53. The lowest BCUT2D eigenvalue weighted by atomic mass is 10.1. The van der Waals surface area contributed by atoms with Gasteiger partial charge in [-0.1, -0.05) is 48.0 Å². The van der Waals surface area contributed by atoms with Gasteiger partial charge in [0, 0.05) is 44.7 Å². The van der Waals surface area contributed by atoms with Crippen LogP contribution in [-0.4, -0.2) is 36.9 Å². The lowest BCUT2D eigenvalue weighted by Crippen LogP contribution is -2.38. The molecule has 0 atom stereocenters. The number of amides is 1. The highest BCUT2D eigenvalue weighted by atomic mass is 35.5. The largest absolute Gasteiger partial charge is 0.356 e. The number of guanidine groups is 1. The maximum absolute atomic E-state index is 11.9. The molecule has 1 saturated heterocycles. The summed E-state index contributed by atoms with van der Waals surface area (Å²) >= 11 is 6.03. The molecule has 28 heavy (non-hydrogen) atoms. The van der Waals surface area contributed by atoms with Crippen molar-refractivity contribution in [3.8, 4) is 0 Å². The molecule has 0 aromatic heterocycles. The first-order valence-corrected chi connectivity index (χ1v) is 10.1. The van der Waals surface area contributed by atoms with Gasteiger partial charge in [0.05, 0.1) is 0 Å². The van der Waals surface area contributed by atoms with Gasteiger partial charge in [0.2, 0.25) is 5.91 Å². The fraction of sp³-hybridized carbons (Fsp3) is 0.364. The zero-order valence-electron chi connectivity index (χ0n) is 16.2. The van der Waals surface area contributed by atoms with Gasteiger partial charge in [0.15, 0.2) is 5.96 Å². The number of hydrogen-bond donors (Lipinski definition) is 2. The molecule has 148 valence electrons. The van der Waals surface area contributed by atoms with Crippen molar-refractivity contribution < 1.29 is 4.79 Å². The van der Waals surface area contributed by atoms with Crippen molar-refractivity contribution in [2.45, 2.75) is 32.4 Å². The van der Waals surface area contributed by atoms with E-state index in [1.165, 1.54) is 16.7 Å². The number of carbonyl (C=O) groups excluding carboxylic acids is 1. The minimum absolute atomic E-state index is 0.251. The number of halogens is 1. The third-order valence-corrected chi connectivity index (χ3v) is 5.15. The minimum Gasteiger partial charge on any atom is -0.356 e. The van der Waals surface area contributed by atoms with E-state index in [4.69, 9.17) is 11.6 Å². The van der Waals surface area contributed by atoms with Gasteiger partial charge in [0.25, 0.3) is 0 Å². The van der Waals surface area contributed by atoms with Crippen LogP contribution in [0.5, 0.6) is 0 Å². The third kappa shape index (κ3) is 5.73. The predicted molar refractivity (Wildman–Crippen MR) is 114 cm³/mol. The fourth-order valence-electron chi connectivity index (χ4n) is 3.38. The summed E-state index contributed by atoms with van der Waals surface area (Å²) in [6.07, 6.45) is 2.50. The Kier molecular flexibility index (Phi) is 7.31. The molecular formula is C22H27ClN4O. The summed E-state index contributed by atoms with van der Waals surface area (Å²) in [5.74, 6) is 1.01. The standard InChI is InChI=1S/C22H27ClN4O/c1-24-22(25-12-11-17-6-4-9-20(23)14-17)26-15-18-7-2-3-8-19(18)16-27-13-5-10-21(27)28/h2-4,6-9,14H,5,10-13,15-16H2,1H3,(H2,24,25,26). The van der Waals surface area contributed by atoms with Crippen molar-refractivity contribution in [1.82, 2.24) is 15.5 Å². The van der Waals surface area contributed by atoms with Crippen LogP contribution in [0, 0.1) is 0 Å². The van der Waals surface area contributed by atoms with E-state index < -0.39 is 0 Å². The molecule has 2 aromatic carbocycles. The van der Waals surface area contributed by atoms with Crippen LogP contribution in [-0.2, 0) is 24.3 Å². The Balaban J connectivity index is 1.51. The molecule has 0 spiro atoms. The molecule has 0 radical (unpaired) electrons. The average molecular weight is 399 g/mol. The normalized spacial score (nSPS) is 14.4. The summed E-state index contributed by atoms with van der Waals surface area (Å²) in [6.45, 7) is 2.96. The second kappa shape index (κ2) is 10.1. The number of carbonyl (C=O) groups is 1. The molecule has 1 fully saturated rings. The van der Waals surface area contributed by atoms with E-state index >= 15 is 0 Å². The quantitative estimate of drug-likeness (QED) is 0.555. The third-order valence-electron chi connectivity index (χ3n) is 4.92. The van der Waals surface area contributed by atoms with E-state index in [2.05, 4.69) is 33.8 Å².